The topological polar surface area (TPSA) is 55.6 Å². The van der Waals surface area contributed by atoms with E-state index in [-0.39, 0.29) is 5.97 Å². The summed E-state index contributed by atoms with van der Waals surface area (Å²) in [5, 5.41) is 0. The van der Waals surface area contributed by atoms with Crippen LogP contribution < -0.4 is 10.6 Å². The summed E-state index contributed by atoms with van der Waals surface area (Å²) < 4.78 is 4.63. The minimum atomic E-state index is -0.189. The number of nitrogens with two attached hydrogens (primary N) is 1. The van der Waals surface area contributed by atoms with Crippen LogP contribution in [0.4, 0.5) is 5.69 Å². The minimum Gasteiger partial charge on any atom is -0.469 e. The van der Waals surface area contributed by atoms with Gasteiger partial charge < -0.3 is 15.4 Å². The summed E-state index contributed by atoms with van der Waals surface area (Å²) in [6, 6.07) is 5.98. The Morgan fingerprint density at radius 1 is 1.50 bits per heavy atom. The fourth-order valence-electron chi connectivity index (χ4n) is 1.94. The summed E-state index contributed by atoms with van der Waals surface area (Å²) in [6.07, 6.45) is 3.13. The molecule has 1 aromatic carbocycles. The van der Waals surface area contributed by atoms with Crippen molar-refractivity contribution in [3.63, 3.8) is 0 Å². The van der Waals surface area contributed by atoms with Crippen molar-refractivity contribution in [1.29, 1.82) is 0 Å². The van der Waals surface area contributed by atoms with Crippen molar-refractivity contribution in [3.05, 3.63) is 23.8 Å². The molecule has 0 bridgehead atoms. The Morgan fingerprint density at radius 2 is 2.20 bits per heavy atom. The van der Waals surface area contributed by atoms with E-state index in [0.29, 0.717) is 11.4 Å². The summed E-state index contributed by atoms with van der Waals surface area (Å²) in [5.74, 6) is -0.189. The van der Waals surface area contributed by atoms with Gasteiger partial charge in [0.25, 0.3) is 0 Å². The zero-order chi connectivity index (χ0) is 15.1. The lowest BCUT2D eigenvalue weighted by atomic mass is 10.1. The average molecular weight is 312 g/mol. The Hall–Kier alpha value is -1.27. The van der Waals surface area contributed by atoms with E-state index in [1.165, 1.54) is 7.11 Å². The first-order valence-electron chi connectivity index (χ1n) is 6.26. The zero-order valence-corrected chi connectivity index (χ0v) is 13.6. The number of nitrogens with zero attached hydrogens (tertiary/aromatic N) is 1. The van der Waals surface area contributed by atoms with E-state index in [1.807, 2.05) is 31.5 Å². The van der Waals surface area contributed by atoms with Crippen LogP contribution >= 0.6 is 24.0 Å². The Kier molecular flexibility index (Phi) is 6.81. The van der Waals surface area contributed by atoms with Gasteiger partial charge in [0, 0.05) is 36.2 Å². The van der Waals surface area contributed by atoms with Crippen LogP contribution in [0, 0.1) is 0 Å². The molecule has 0 saturated carbocycles. The number of thioether (sulfide) groups is 1. The zero-order valence-electron chi connectivity index (χ0n) is 12.0. The summed E-state index contributed by atoms with van der Waals surface area (Å²) >= 11 is 6.78. The number of esters is 1. The molecule has 0 aliphatic heterocycles. The molecule has 0 unspecified atom stereocenters. The number of carbonyl (C=O) groups excluding carboxylic acids is 1. The van der Waals surface area contributed by atoms with Gasteiger partial charge in [0.2, 0.25) is 0 Å². The Morgan fingerprint density at radius 3 is 2.75 bits per heavy atom. The molecule has 0 saturated heterocycles. The lowest BCUT2D eigenvalue weighted by Crippen LogP contribution is -2.24. The number of methoxy groups -OCH3 is 1. The van der Waals surface area contributed by atoms with Gasteiger partial charge >= 0.3 is 5.97 Å². The predicted molar refractivity (Wildman–Crippen MR) is 88.6 cm³/mol. The fourth-order valence-corrected chi connectivity index (χ4v) is 2.85. The highest BCUT2D eigenvalue weighted by molar-refractivity contribution is 7.98. The third-order valence-corrected chi connectivity index (χ3v) is 3.97. The van der Waals surface area contributed by atoms with Crippen LogP contribution in [-0.4, -0.2) is 37.9 Å². The molecule has 0 aromatic heterocycles. The number of thiocarbonyl (C=S) groups is 1. The molecule has 0 amide bonds. The molecule has 20 heavy (non-hydrogen) atoms. The predicted octanol–water partition coefficient (Wildman–Crippen LogP) is 2.43. The van der Waals surface area contributed by atoms with E-state index >= 15 is 0 Å². The van der Waals surface area contributed by atoms with Crippen molar-refractivity contribution in [2.75, 3.05) is 31.9 Å². The van der Waals surface area contributed by atoms with Gasteiger partial charge in [0.15, 0.2) is 0 Å². The molecule has 0 heterocycles. The largest absolute Gasteiger partial charge is 0.469 e. The van der Waals surface area contributed by atoms with Gasteiger partial charge in [-0.25, -0.2) is 0 Å². The van der Waals surface area contributed by atoms with Crippen LogP contribution in [0.3, 0.4) is 0 Å². The quantitative estimate of drug-likeness (QED) is 0.474. The monoisotopic (exact) mass is 312 g/mol. The Labute approximate surface area is 129 Å². The molecular weight excluding hydrogens is 292 g/mol. The number of hydrogen-bond acceptors (Lipinski definition) is 5. The van der Waals surface area contributed by atoms with Crippen molar-refractivity contribution in [3.8, 4) is 0 Å². The van der Waals surface area contributed by atoms with E-state index in [2.05, 4.69) is 9.64 Å². The normalized spacial score (nSPS) is 10.2. The summed E-state index contributed by atoms with van der Waals surface area (Å²) in [5.41, 5.74) is 7.74. The van der Waals surface area contributed by atoms with Gasteiger partial charge in [-0.1, -0.05) is 18.3 Å². The number of rotatable bonds is 7. The van der Waals surface area contributed by atoms with Crippen molar-refractivity contribution in [2.45, 2.75) is 17.7 Å². The molecule has 0 radical (unpaired) electrons. The SMILES string of the molecule is COC(=O)CCCN(C)c1cccc(SC)c1C(N)=S. The van der Waals surface area contributed by atoms with Crippen molar-refractivity contribution >= 4 is 40.6 Å². The van der Waals surface area contributed by atoms with Crippen LogP contribution in [0.5, 0.6) is 0 Å². The van der Waals surface area contributed by atoms with E-state index in [4.69, 9.17) is 18.0 Å². The first-order chi connectivity index (χ1) is 9.51. The Bertz CT molecular complexity index is 492. The standard InChI is InChI=1S/C14H20N2O2S2/c1-16(9-5-8-12(17)18-2)10-6-4-7-11(20-3)13(10)14(15)19/h4,6-7H,5,8-9H2,1-3H3,(H2,15,19). The maximum Gasteiger partial charge on any atom is 0.305 e. The van der Waals surface area contributed by atoms with E-state index in [1.54, 1.807) is 11.8 Å². The van der Waals surface area contributed by atoms with Crippen molar-refractivity contribution < 1.29 is 9.53 Å². The van der Waals surface area contributed by atoms with Crippen LogP contribution in [0.15, 0.2) is 23.1 Å². The van der Waals surface area contributed by atoms with Gasteiger partial charge in [-0.3, -0.25) is 4.79 Å². The van der Waals surface area contributed by atoms with E-state index < -0.39 is 0 Å². The molecule has 1 aromatic rings. The second-order valence-electron chi connectivity index (χ2n) is 4.32. The molecule has 0 atom stereocenters. The molecule has 1 rings (SSSR count). The van der Waals surface area contributed by atoms with Gasteiger partial charge in [-0.2, -0.15) is 0 Å². The molecule has 0 fully saturated rings. The van der Waals surface area contributed by atoms with Crippen LogP contribution in [0.2, 0.25) is 0 Å². The minimum absolute atomic E-state index is 0.189. The smallest absolute Gasteiger partial charge is 0.305 e. The lowest BCUT2D eigenvalue weighted by Gasteiger charge is -2.23. The third-order valence-electron chi connectivity index (χ3n) is 2.98. The van der Waals surface area contributed by atoms with Crippen LogP contribution in [0.1, 0.15) is 18.4 Å². The summed E-state index contributed by atoms with van der Waals surface area (Å²) in [7, 11) is 3.37. The van der Waals surface area contributed by atoms with E-state index in [9.17, 15) is 4.79 Å². The lowest BCUT2D eigenvalue weighted by molar-refractivity contribution is -0.140. The molecular formula is C14H20N2O2S2. The van der Waals surface area contributed by atoms with Gasteiger partial charge in [-0.05, 0) is 24.8 Å². The fraction of sp³-hybridized carbons (Fsp3) is 0.429. The number of benzene rings is 1. The maximum atomic E-state index is 11.1. The number of anilines is 1. The second kappa shape index (κ2) is 8.11. The summed E-state index contributed by atoms with van der Waals surface area (Å²) in [4.78, 5) is 14.6. The highest BCUT2D eigenvalue weighted by Gasteiger charge is 2.14. The number of hydrogen-bond donors (Lipinski definition) is 1. The first-order valence-corrected chi connectivity index (χ1v) is 7.89. The van der Waals surface area contributed by atoms with Gasteiger partial charge in [0.1, 0.15) is 4.99 Å². The highest BCUT2D eigenvalue weighted by atomic mass is 32.2. The molecule has 0 spiro atoms. The molecule has 6 heteroatoms. The van der Waals surface area contributed by atoms with Crippen LogP contribution in [-0.2, 0) is 9.53 Å². The number of ether oxygens (including phenoxy) is 1. The number of carbonyl (C=O) groups is 1. The van der Waals surface area contributed by atoms with Gasteiger partial charge in [-0.15, -0.1) is 11.8 Å². The Balaban J connectivity index is 2.84. The second-order valence-corrected chi connectivity index (χ2v) is 5.61. The third kappa shape index (κ3) is 4.38. The molecule has 4 nitrogen and oxygen atoms in total. The molecule has 0 aliphatic carbocycles. The average Bonchev–Trinajstić information content (AvgIpc) is 2.45. The first kappa shape index (κ1) is 16.8. The van der Waals surface area contributed by atoms with Crippen LogP contribution in [0.25, 0.3) is 0 Å². The summed E-state index contributed by atoms with van der Waals surface area (Å²) in [6.45, 7) is 0.739. The van der Waals surface area contributed by atoms with E-state index in [0.717, 1.165) is 29.1 Å². The van der Waals surface area contributed by atoms with Crippen molar-refractivity contribution in [2.24, 2.45) is 5.73 Å². The van der Waals surface area contributed by atoms with Gasteiger partial charge in [0.05, 0.1) is 7.11 Å². The molecule has 110 valence electrons. The molecule has 2 N–H and O–H groups in total. The van der Waals surface area contributed by atoms with Crippen molar-refractivity contribution in [1.82, 2.24) is 0 Å². The highest BCUT2D eigenvalue weighted by Crippen LogP contribution is 2.29. The maximum absolute atomic E-state index is 11.1. The molecule has 0 aliphatic rings.